The molecule has 0 aromatic carbocycles. The normalized spacial score (nSPS) is 21.3. The molecule has 2 aromatic heterocycles. The van der Waals surface area contributed by atoms with Gasteiger partial charge < -0.3 is 10.3 Å². The quantitative estimate of drug-likeness (QED) is 0.842. The van der Waals surface area contributed by atoms with E-state index in [1.165, 1.54) is 13.0 Å². The van der Waals surface area contributed by atoms with E-state index in [9.17, 15) is 13.6 Å². The Balaban J connectivity index is 1.78. The van der Waals surface area contributed by atoms with Crippen molar-refractivity contribution in [3.63, 3.8) is 0 Å². The predicted octanol–water partition coefficient (Wildman–Crippen LogP) is 3.56. The third kappa shape index (κ3) is 3.02. The van der Waals surface area contributed by atoms with Crippen molar-refractivity contribution < 1.29 is 13.6 Å². The summed E-state index contributed by atoms with van der Waals surface area (Å²) in [4.78, 5) is 19.1. The highest BCUT2D eigenvalue weighted by molar-refractivity contribution is 6.57. The van der Waals surface area contributed by atoms with Gasteiger partial charge >= 0.3 is 0 Å². The van der Waals surface area contributed by atoms with Crippen molar-refractivity contribution in [2.45, 2.75) is 50.9 Å². The zero-order chi connectivity index (χ0) is 16.7. The molecular weight excluding hydrogens is 316 g/mol. The summed E-state index contributed by atoms with van der Waals surface area (Å²) in [5.74, 6) is -2.22. The van der Waals surface area contributed by atoms with Gasteiger partial charge in [0.05, 0.1) is 11.1 Å². The molecule has 4 nitrogen and oxygen atoms in total. The van der Waals surface area contributed by atoms with Crippen LogP contribution in [0.2, 0.25) is 18.6 Å². The summed E-state index contributed by atoms with van der Waals surface area (Å²) in [5.41, 5.74) is 1.12. The van der Waals surface area contributed by atoms with Crippen LogP contribution >= 0.6 is 0 Å². The molecule has 7 heteroatoms. The highest BCUT2D eigenvalue weighted by atomic mass is 28.3. The minimum Gasteiger partial charge on any atom is -0.348 e. The molecule has 2 N–H and O–H groups in total. The smallest absolute Gasteiger partial charge is 0.267 e. The van der Waals surface area contributed by atoms with Crippen molar-refractivity contribution in [2.24, 2.45) is 0 Å². The van der Waals surface area contributed by atoms with Gasteiger partial charge in [-0.1, -0.05) is 19.5 Å². The van der Waals surface area contributed by atoms with Crippen molar-refractivity contribution in [1.82, 2.24) is 15.3 Å². The number of nitrogens with zero attached hydrogens (tertiary/aromatic N) is 1. The number of halogens is 2. The lowest BCUT2D eigenvalue weighted by Gasteiger charge is -2.14. The first-order chi connectivity index (χ1) is 10.9. The monoisotopic (exact) mass is 336 g/mol. The van der Waals surface area contributed by atoms with Crippen LogP contribution in [0.3, 0.4) is 0 Å². The standard InChI is InChI=1S/C16H20F2N3OSi/c1-8-13(17)14(18)11-7-12(21-15(11)19-8)16(22)20-9-4-5-10(6-9)23(2)3/h7,9-10H,4-6H2,1-3H3,(H,19,21)(H,20,22)/t9-,10?/m1/s1. The van der Waals surface area contributed by atoms with Crippen molar-refractivity contribution >= 4 is 25.7 Å². The molecule has 1 radical (unpaired) electrons. The van der Waals surface area contributed by atoms with Crippen molar-refractivity contribution in [3.8, 4) is 0 Å². The number of amides is 1. The SMILES string of the molecule is Cc1nc2[nH]c(C(=O)N[C@@H]3CCC([Si](C)C)C3)cc2c(F)c1F. The largest absolute Gasteiger partial charge is 0.348 e. The maximum atomic E-state index is 13.9. The lowest BCUT2D eigenvalue weighted by Crippen LogP contribution is -2.33. The van der Waals surface area contributed by atoms with Gasteiger partial charge in [-0.15, -0.1) is 0 Å². The molecule has 0 bridgehead atoms. The van der Waals surface area contributed by atoms with Crippen LogP contribution < -0.4 is 5.32 Å². The van der Waals surface area contributed by atoms with Crippen LogP contribution in [0.1, 0.15) is 35.4 Å². The van der Waals surface area contributed by atoms with E-state index in [1.807, 2.05) is 0 Å². The zero-order valence-corrected chi connectivity index (χ0v) is 14.5. The fourth-order valence-corrected chi connectivity index (χ4v) is 4.72. The molecule has 0 saturated heterocycles. The van der Waals surface area contributed by atoms with Gasteiger partial charge in [-0.05, 0) is 31.4 Å². The van der Waals surface area contributed by atoms with Gasteiger partial charge in [0.2, 0.25) is 0 Å². The van der Waals surface area contributed by atoms with E-state index in [0.29, 0.717) is 0 Å². The number of pyridine rings is 1. The van der Waals surface area contributed by atoms with Gasteiger partial charge in [0.15, 0.2) is 11.6 Å². The number of hydrogen-bond donors (Lipinski definition) is 2. The van der Waals surface area contributed by atoms with Gasteiger partial charge in [0, 0.05) is 14.8 Å². The Morgan fingerprint density at radius 3 is 2.74 bits per heavy atom. The molecular formula is C16H20F2N3OSi. The van der Waals surface area contributed by atoms with Crippen LogP contribution in [0.25, 0.3) is 11.0 Å². The van der Waals surface area contributed by atoms with Gasteiger partial charge in [-0.3, -0.25) is 4.79 Å². The summed E-state index contributed by atoms with van der Waals surface area (Å²) in [6.07, 6.45) is 3.14. The van der Waals surface area contributed by atoms with Crippen molar-refractivity contribution in [2.75, 3.05) is 0 Å². The lowest BCUT2D eigenvalue weighted by molar-refractivity contribution is 0.0933. The number of aromatic nitrogens is 2. The topological polar surface area (TPSA) is 57.8 Å². The number of carbonyl (C=O) groups excluding carboxylic acids is 1. The minimum absolute atomic E-state index is 0.00941. The Morgan fingerprint density at radius 2 is 2.09 bits per heavy atom. The van der Waals surface area contributed by atoms with Crippen LogP contribution in [0.5, 0.6) is 0 Å². The Labute approximate surface area is 135 Å². The Bertz CT molecular complexity index is 759. The fourth-order valence-electron chi connectivity index (χ4n) is 3.22. The van der Waals surface area contributed by atoms with Crippen LogP contribution in [0, 0.1) is 18.6 Å². The van der Waals surface area contributed by atoms with E-state index in [4.69, 9.17) is 0 Å². The van der Waals surface area contributed by atoms with E-state index in [2.05, 4.69) is 28.4 Å². The Hall–Kier alpha value is -1.76. The number of hydrogen-bond acceptors (Lipinski definition) is 2. The van der Waals surface area contributed by atoms with Crippen LogP contribution in [0.4, 0.5) is 8.78 Å². The second-order valence-corrected chi connectivity index (χ2v) is 9.50. The Morgan fingerprint density at radius 1 is 1.35 bits per heavy atom. The van der Waals surface area contributed by atoms with E-state index in [1.54, 1.807) is 0 Å². The number of aromatic amines is 1. The van der Waals surface area contributed by atoms with E-state index < -0.39 is 11.6 Å². The number of nitrogens with one attached hydrogen (secondary N) is 2. The third-order valence-electron chi connectivity index (χ3n) is 4.65. The summed E-state index contributed by atoms with van der Waals surface area (Å²) < 4.78 is 27.5. The van der Waals surface area contributed by atoms with E-state index in [-0.39, 0.29) is 43.2 Å². The highest BCUT2D eigenvalue weighted by Crippen LogP contribution is 2.33. The Kier molecular flexibility index (Phi) is 4.22. The van der Waals surface area contributed by atoms with E-state index in [0.717, 1.165) is 24.8 Å². The molecule has 2 atom stereocenters. The average molecular weight is 336 g/mol. The molecule has 123 valence electrons. The van der Waals surface area contributed by atoms with Crippen molar-refractivity contribution in [3.05, 3.63) is 29.1 Å². The third-order valence-corrected chi connectivity index (χ3v) is 6.81. The highest BCUT2D eigenvalue weighted by Gasteiger charge is 2.29. The summed E-state index contributed by atoms with van der Waals surface area (Å²) in [6, 6.07) is 1.49. The molecule has 2 aromatic rings. The molecule has 1 aliphatic rings. The fraction of sp³-hybridized carbons (Fsp3) is 0.500. The number of fused-ring (bicyclic) bond motifs is 1. The number of aryl methyl sites for hydroxylation is 1. The van der Waals surface area contributed by atoms with Crippen LogP contribution in [-0.4, -0.2) is 30.7 Å². The lowest BCUT2D eigenvalue weighted by atomic mass is 10.2. The van der Waals surface area contributed by atoms with Crippen LogP contribution in [-0.2, 0) is 0 Å². The summed E-state index contributed by atoms with van der Waals surface area (Å²) in [7, 11) is -0.340. The second-order valence-electron chi connectivity index (χ2n) is 6.53. The van der Waals surface area contributed by atoms with Gasteiger partial charge in [0.25, 0.3) is 5.91 Å². The molecule has 1 aliphatic carbocycles. The number of carbonyl (C=O) groups is 1. The summed E-state index contributed by atoms with van der Waals surface area (Å²) in [5, 5.41) is 3.00. The van der Waals surface area contributed by atoms with Crippen molar-refractivity contribution in [1.29, 1.82) is 0 Å². The molecule has 0 aliphatic heterocycles. The van der Waals surface area contributed by atoms with Gasteiger partial charge in [-0.25, -0.2) is 13.8 Å². The zero-order valence-electron chi connectivity index (χ0n) is 13.5. The summed E-state index contributed by atoms with van der Waals surface area (Å²) >= 11 is 0. The molecule has 3 rings (SSSR count). The first-order valence-electron chi connectivity index (χ1n) is 7.82. The molecule has 23 heavy (non-hydrogen) atoms. The average Bonchev–Trinajstić information content (AvgIpc) is 3.11. The molecule has 1 fully saturated rings. The first-order valence-corrected chi connectivity index (χ1v) is 10.4. The first kappa shape index (κ1) is 16.1. The molecule has 1 amide bonds. The van der Waals surface area contributed by atoms with Crippen LogP contribution in [0.15, 0.2) is 6.07 Å². The molecule has 1 unspecified atom stereocenters. The maximum absolute atomic E-state index is 13.9. The number of rotatable bonds is 3. The maximum Gasteiger partial charge on any atom is 0.267 e. The predicted molar refractivity (Wildman–Crippen MR) is 87.1 cm³/mol. The molecule has 0 spiro atoms. The second kappa shape index (κ2) is 6.03. The minimum atomic E-state index is -0.970. The molecule has 2 heterocycles. The summed E-state index contributed by atoms with van der Waals surface area (Å²) in [6.45, 7) is 5.98. The van der Waals surface area contributed by atoms with E-state index >= 15 is 0 Å². The molecule has 1 saturated carbocycles. The van der Waals surface area contributed by atoms with Gasteiger partial charge in [0.1, 0.15) is 11.3 Å². The van der Waals surface area contributed by atoms with Gasteiger partial charge in [-0.2, -0.15) is 0 Å². The number of H-pyrrole nitrogens is 1.